The van der Waals surface area contributed by atoms with Crippen LogP contribution in [-0.4, -0.2) is 118 Å². The minimum atomic E-state index is -0.807. The lowest BCUT2D eigenvalue weighted by atomic mass is 9.83. The number of hydrogen-bond donors (Lipinski definition) is 4. The number of phenolic OH excluding ortho intramolecular Hbond substituents is 1. The Balaban J connectivity index is 0.633. The van der Waals surface area contributed by atoms with E-state index >= 15 is 0 Å². The third-order valence-electron chi connectivity index (χ3n) is 16.1. The van der Waals surface area contributed by atoms with Crippen molar-refractivity contribution in [3.63, 3.8) is 0 Å². The third-order valence-corrected chi connectivity index (χ3v) is 17.1. The summed E-state index contributed by atoms with van der Waals surface area (Å²) < 4.78 is 12.0. The van der Waals surface area contributed by atoms with Gasteiger partial charge >= 0.3 is 0 Å². The normalized spacial score (nSPS) is 22.1. The molecule has 4 N–H and O–H groups in total. The van der Waals surface area contributed by atoms with E-state index in [0.717, 1.165) is 109 Å². The minimum Gasteiger partial charge on any atom is -0.507 e. The summed E-state index contributed by atoms with van der Waals surface area (Å²) >= 11 is 1.60. The fraction of sp³-hybridized carbons (Fsp3) is 0.464. The first-order valence-corrected chi connectivity index (χ1v) is 27.2. The number of aromatic hydroxyl groups is 1. The molecule has 386 valence electrons. The van der Waals surface area contributed by atoms with E-state index in [1.165, 1.54) is 16.0 Å². The molecule has 2 saturated heterocycles. The summed E-state index contributed by atoms with van der Waals surface area (Å²) in [5.74, 6) is 1.06. The summed E-state index contributed by atoms with van der Waals surface area (Å²) in [6.45, 7) is 11.9. The average molecular weight is 1020 g/mol. The summed E-state index contributed by atoms with van der Waals surface area (Å²) in [5.41, 5.74) is 10.4. The summed E-state index contributed by atoms with van der Waals surface area (Å²) in [6.07, 6.45) is 10.8. The number of aliphatic hydroxyl groups excluding tert-OH is 1. The zero-order valence-corrected chi connectivity index (χ0v) is 43.3. The molecule has 0 bridgehead atoms. The number of piperidine rings is 1. The number of aromatic amines is 1. The molecule has 0 spiro atoms. The molecule has 4 atom stereocenters. The Morgan fingerprint density at radius 3 is 2.46 bits per heavy atom. The quantitative estimate of drug-likeness (QED) is 0.0805. The van der Waals surface area contributed by atoms with E-state index in [1.54, 1.807) is 29.5 Å². The van der Waals surface area contributed by atoms with Crippen LogP contribution in [0.5, 0.6) is 11.6 Å². The molecule has 1 aliphatic carbocycles. The topological polar surface area (TPSA) is 212 Å². The van der Waals surface area contributed by atoms with Crippen LogP contribution in [-0.2, 0) is 22.6 Å². The van der Waals surface area contributed by atoms with Crippen LogP contribution in [0.3, 0.4) is 0 Å². The number of phenols is 1. The number of H-pyrrole nitrogens is 1. The standard InChI is InChI=1S/C56H65N11O6S/c1-32(2)50(55(71)67-29-41(68)23-46(67)54(70)57-26-35-9-13-38(14-10-35)52-33(3)60-31-74-52)48-25-49(64-73-48)72-30-36-11-15-40(16-12-36)65-20-17-37(18-21-65)39-27-58-56(59-28-39)66-22-19-44-51(34(66)4)43-24-45(62-63-53(43)61-44)42-7-5-6-8-47(42)69/h5-10,13-14,24-25,27-28,31-32,34,36-37,40-41,46,50,68-69H,11-12,15-23,26,29-30H2,1-4H3,(H,57,70)(H,61,63)/t34-,36-,40-,41-,46+,50?/m1/s1. The maximum atomic E-state index is 14.2. The van der Waals surface area contributed by atoms with Crippen LogP contribution in [0.15, 0.2) is 83.1 Å². The molecule has 74 heavy (non-hydrogen) atoms. The van der Waals surface area contributed by atoms with E-state index in [2.05, 4.69) is 47.4 Å². The van der Waals surface area contributed by atoms with Gasteiger partial charge in [-0.15, -0.1) is 21.5 Å². The number of anilines is 1. The van der Waals surface area contributed by atoms with Crippen LogP contribution < -0.4 is 15.0 Å². The number of aliphatic hydroxyl groups is 1. The highest BCUT2D eigenvalue weighted by Crippen LogP contribution is 2.40. The molecule has 3 aliphatic heterocycles. The zero-order valence-electron chi connectivity index (χ0n) is 42.5. The lowest BCUT2D eigenvalue weighted by molar-refractivity contribution is -0.141. The number of amides is 2. The van der Waals surface area contributed by atoms with Crippen molar-refractivity contribution >= 4 is 40.1 Å². The number of benzene rings is 2. The summed E-state index contributed by atoms with van der Waals surface area (Å²) in [6, 6.07) is 18.7. The smallest absolute Gasteiger partial charge is 0.254 e. The summed E-state index contributed by atoms with van der Waals surface area (Å²) in [4.78, 5) is 53.1. The van der Waals surface area contributed by atoms with Gasteiger partial charge in [-0.3, -0.25) is 9.59 Å². The largest absolute Gasteiger partial charge is 0.507 e. The second kappa shape index (κ2) is 21.2. The number of para-hydroxylation sites is 1. The second-order valence-corrected chi connectivity index (χ2v) is 22.0. The van der Waals surface area contributed by atoms with Gasteiger partial charge in [0.15, 0.2) is 11.4 Å². The van der Waals surface area contributed by atoms with Crippen molar-refractivity contribution in [1.82, 2.24) is 50.4 Å². The van der Waals surface area contributed by atoms with E-state index < -0.39 is 18.1 Å². The predicted molar refractivity (Wildman–Crippen MR) is 282 cm³/mol. The lowest BCUT2D eigenvalue weighted by Gasteiger charge is -2.40. The number of carbonyl (C=O) groups excluding carboxylic acids is 2. The maximum Gasteiger partial charge on any atom is 0.254 e. The van der Waals surface area contributed by atoms with Crippen molar-refractivity contribution < 1.29 is 29.1 Å². The zero-order chi connectivity index (χ0) is 51.0. The molecule has 2 aromatic carbocycles. The summed E-state index contributed by atoms with van der Waals surface area (Å²) in [7, 11) is 0. The molecule has 8 heterocycles. The molecule has 7 aromatic rings. The molecule has 2 amide bonds. The van der Waals surface area contributed by atoms with Crippen LogP contribution in [0.2, 0.25) is 0 Å². The van der Waals surface area contributed by atoms with Crippen molar-refractivity contribution in [2.24, 2.45) is 11.8 Å². The Morgan fingerprint density at radius 2 is 1.73 bits per heavy atom. The number of fused-ring (bicyclic) bond motifs is 3. The van der Waals surface area contributed by atoms with Crippen molar-refractivity contribution in [3.8, 4) is 33.3 Å². The van der Waals surface area contributed by atoms with Gasteiger partial charge in [0.05, 0.1) is 40.5 Å². The van der Waals surface area contributed by atoms with Gasteiger partial charge in [-0.2, -0.15) is 0 Å². The van der Waals surface area contributed by atoms with Gasteiger partial charge in [0.2, 0.25) is 17.8 Å². The van der Waals surface area contributed by atoms with Gasteiger partial charge in [-0.1, -0.05) is 50.2 Å². The van der Waals surface area contributed by atoms with Crippen molar-refractivity contribution in [2.75, 3.05) is 37.7 Å². The molecule has 5 aromatic heterocycles. The molecule has 4 aliphatic rings. The highest BCUT2D eigenvalue weighted by atomic mass is 32.1. The Kier molecular flexibility index (Phi) is 14.2. The fourth-order valence-corrected chi connectivity index (χ4v) is 12.8. The Hall–Kier alpha value is -6.76. The van der Waals surface area contributed by atoms with Crippen molar-refractivity contribution in [1.29, 1.82) is 0 Å². The monoisotopic (exact) mass is 1020 g/mol. The van der Waals surface area contributed by atoms with Gasteiger partial charge in [-0.25, -0.2) is 15.0 Å². The molecular weight excluding hydrogens is 955 g/mol. The van der Waals surface area contributed by atoms with Gasteiger partial charge in [0, 0.05) is 79.2 Å². The minimum absolute atomic E-state index is 0.0231. The number of thiazole rings is 1. The van der Waals surface area contributed by atoms with E-state index in [-0.39, 0.29) is 42.5 Å². The molecule has 3 fully saturated rings. The Morgan fingerprint density at radius 1 is 0.959 bits per heavy atom. The molecule has 11 rings (SSSR count). The first kappa shape index (κ1) is 49.5. The number of rotatable bonds is 14. The number of carbonyl (C=O) groups is 2. The number of likely N-dealkylation sites (tertiary alicyclic amines) is 2. The lowest BCUT2D eigenvalue weighted by Crippen LogP contribution is -2.48. The van der Waals surface area contributed by atoms with Crippen LogP contribution >= 0.6 is 11.3 Å². The number of nitrogens with one attached hydrogen (secondary N) is 2. The highest BCUT2D eigenvalue weighted by molar-refractivity contribution is 7.13. The van der Waals surface area contributed by atoms with E-state index in [4.69, 9.17) is 19.2 Å². The van der Waals surface area contributed by atoms with Gasteiger partial charge in [0.1, 0.15) is 17.7 Å². The van der Waals surface area contributed by atoms with Crippen LogP contribution in [0.25, 0.3) is 32.7 Å². The predicted octanol–water partition coefficient (Wildman–Crippen LogP) is 8.50. The van der Waals surface area contributed by atoms with E-state index in [1.807, 2.05) is 81.1 Å². The first-order chi connectivity index (χ1) is 35.9. The van der Waals surface area contributed by atoms with Gasteiger partial charge in [-0.05, 0) is 123 Å². The fourth-order valence-electron chi connectivity index (χ4n) is 11.9. The van der Waals surface area contributed by atoms with Crippen LogP contribution in [0, 0.1) is 18.8 Å². The second-order valence-electron chi connectivity index (χ2n) is 21.1. The third kappa shape index (κ3) is 10.1. The molecule has 0 radical (unpaired) electrons. The van der Waals surface area contributed by atoms with Gasteiger partial charge in [0.25, 0.3) is 5.88 Å². The van der Waals surface area contributed by atoms with Gasteiger partial charge < -0.3 is 44.5 Å². The SMILES string of the molecule is Cc1ncsc1-c1ccc(CNC(=O)[C@@H]2C[C@@H](O)CN2C(=O)C(c2cc(OC[C@H]3CC[C@H](N4CCC(c5cnc(N6CCc7[nH]c8nnc(-c9ccccc9O)cc8c7[C@H]6C)nc5)CC4)CC3)no2)C(C)C)cc1. The molecule has 1 saturated carbocycles. The number of hydrogen-bond acceptors (Lipinski definition) is 15. The molecule has 17 nitrogen and oxygen atoms in total. The number of aryl methyl sites for hydroxylation is 1. The average Bonchev–Trinajstić information content (AvgIpc) is 4.24. The maximum absolute atomic E-state index is 14.2. The molecular formula is C56H65N11O6S. The van der Waals surface area contributed by atoms with E-state index in [9.17, 15) is 19.8 Å². The summed E-state index contributed by atoms with van der Waals surface area (Å²) in [5, 5.41) is 38.3. The van der Waals surface area contributed by atoms with Crippen LogP contribution in [0.4, 0.5) is 5.95 Å². The molecule has 18 heteroatoms. The Labute approximate surface area is 434 Å². The van der Waals surface area contributed by atoms with Crippen molar-refractivity contribution in [2.45, 2.75) is 122 Å². The number of β-amino-alcohol motifs (C(OH)–C–C–N with tert-alkyl or cyclic N) is 1. The number of aromatic nitrogens is 7. The van der Waals surface area contributed by atoms with E-state index in [0.29, 0.717) is 53.9 Å². The Bertz CT molecular complexity index is 3090. The highest BCUT2D eigenvalue weighted by Gasteiger charge is 2.43. The number of nitrogens with zero attached hydrogens (tertiary/aromatic N) is 9. The van der Waals surface area contributed by atoms with Crippen LogP contribution in [0.1, 0.15) is 117 Å². The molecule has 1 unspecified atom stereocenters. The number of ether oxygens (including phenoxy) is 1. The van der Waals surface area contributed by atoms with Crippen molar-refractivity contribution in [3.05, 3.63) is 112 Å². The first-order valence-electron chi connectivity index (χ1n) is 26.3.